The Bertz CT molecular complexity index is 609. The molecule has 0 aliphatic rings. The fourth-order valence-corrected chi connectivity index (χ4v) is 1.72. The lowest BCUT2D eigenvalue weighted by atomic mass is 10.2. The van der Waals surface area contributed by atoms with E-state index in [1.807, 2.05) is 0 Å². The van der Waals surface area contributed by atoms with E-state index >= 15 is 0 Å². The first-order chi connectivity index (χ1) is 8.50. The van der Waals surface area contributed by atoms with Crippen molar-refractivity contribution in [2.24, 2.45) is 0 Å². The highest BCUT2D eigenvalue weighted by Gasteiger charge is 2.23. The summed E-state index contributed by atoms with van der Waals surface area (Å²) in [5.41, 5.74) is 6.00. The summed E-state index contributed by atoms with van der Waals surface area (Å²) in [5, 5.41) is 14.7. The Morgan fingerprint density at radius 3 is 2.72 bits per heavy atom. The Balaban J connectivity index is 2.39. The van der Waals surface area contributed by atoms with E-state index in [4.69, 9.17) is 5.73 Å². The lowest BCUT2D eigenvalue weighted by Gasteiger charge is -2.04. The Hall–Kier alpha value is -2.44. The van der Waals surface area contributed by atoms with E-state index in [1.54, 1.807) is 18.2 Å². The molecule has 94 valence electrons. The minimum absolute atomic E-state index is 0.0627. The van der Waals surface area contributed by atoms with Gasteiger partial charge in [0.1, 0.15) is 11.5 Å². The molecular formula is C11H11FN4O2. The number of benzene rings is 1. The van der Waals surface area contributed by atoms with Gasteiger partial charge < -0.3 is 5.73 Å². The quantitative estimate of drug-likeness (QED) is 0.665. The summed E-state index contributed by atoms with van der Waals surface area (Å²) in [5.74, 6) is -0.464. The van der Waals surface area contributed by atoms with Crippen molar-refractivity contribution < 1.29 is 9.31 Å². The van der Waals surface area contributed by atoms with Gasteiger partial charge in [-0.1, -0.05) is 18.2 Å². The molecule has 0 radical (unpaired) electrons. The number of nitrogens with two attached hydrogens (primary N) is 1. The minimum Gasteiger partial charge on any atom is -0.378 e. The summed E-state index contributed by atoms with van der Waals surface area (Å²) in [6.45, 7) is 1.56. The summed E-state index contributed by atoms with van der Waals surface area (Å²) in [4.78, 5) is 10.2. The van der Waals surface area contributed by atoms with Crippen LogP contribution in [0.5, 0.6) is 0 Å². The highest BCUT2D eigenvalue weighted by atomic mass is 19.1. The first kappa shape index (κ1) is 12.0. The second-order valence-electron chi connectivity index (χ2n) is 3.83. The zero-order chi connectivity index (χ0) is 13.3. The molecule has 0 aliphatic heterocycles. The smallest absolute Gasteiger partial charge is 0.333 e. The van der Waals surface area contributed by atoms with Crippen molar-refractivity contribution in [1.82, 2.24) is 9.78 Å². The predicted octanol–water partition coefficient (Wildman–Crippen LogP) is 1.87. The van der Waals surface area contributed by atoms with Crippen LogP contribution in [-0.2, 0) is 6.54 Å². The van der Waals surface area contributed by atoms with Crippen LogP contribution in [-0.4, -0.2) is 14.7 Å². The molecule has 1 heterocycles. The van der Waals surface area contributed by atoms with Gasteiger partial charge in [0.15, 0.2) is 0 Å². The van der Waals surface area contributed by atoms with Gasteiger partial charge >= 0.3 is 5.69 Å². The van der Waals surface area contributed by atoms with E-state index in [0.717, 1.165) is 0 Å². The van der Waals surface area contributed by atoms with Crippen LogP contribution < -0.4 is 5.73 Å². The topological polar surface area (TPSA) is 87.0 Å². The molecule has 2 aromatic rings. The molecule has 18 heavy (non-hydrogen) atoms. The Kier molecular flexibility index (Phi) is 2.97. The van der Waals surface area contributed by atoms with Crippen molar-refractivity contribution >= 4 is 11.5 Å². The van der Waals surface area contributed by atoms with Crippen molar-refractivity contribution in [3.8, 4) is 0 Å². The molecule has 0 saturated heterocycles. The zero-order valence-electron chi connectivity index (χ0n) is 9.63. The fraction of sp³-hybridized carbons (Fsp3) is 0.182. The summed E-state index contributed by atoms with van der Waals surface area (Å²) in [6, 6.07) is 6.15. The summed E-state index contributed by atoms with van der Waals surface area (Å²) in [7, 11) is 0. The first-order valence-electron chi connectivity index (χ1n) is 5.21. The lowest BCUT2D eigenvalue weighted by molar-refractivity contribution is -0.384. The number of anilines is 1. The minimum atomic E-state index is -0.588. The average molecular weight is 250 g/mol. The van der Waals surface area contributed by atoms with Crippen molar-refractivity contribution in [2.75, 3.05) is 5.73 Å². The van der Waals surface area contributed by atoms with Gasteiger partial charge in [0.25, 0.3) is 0 Å². The molecule has 2 N–H and O–H groups in total. The van der Waals surface area contributed by atoms with Gasteiger partial charge in [0, 0.05) is 5.56 Å². The number of nitrogens with zero attached hydrogens (tertiary/aromatic N) is 3. The molecule has 0 aliphatic carbocycles. The Morgan fingerprint density at radius 2 is 2.17 bits per heavy atom. The zero-order valence-corrected chi connectivity index (χ0v) is 9.63. The largest absolute Gasteiger partial charge is 0.378 e. The van der Waals surface area contributed by atoms with Crippen LogP contribution in [0.3, 0.4) is 0 Å². The van der Waals surface area contributed by atoms with Gasteiger partial charge in [0.2, 0.25) is 5.82 Å². The molecule has 0 fully saturated rings. The molecule has 0 unspecified atom stereocenters. The van der Waals surface area contributed by atoms with Gasteiger partial charge in [0.05, 0.1) is 11.5 Å². The maximum Gasteiger partial charge on any atom is 0.333 e. The molecule has 1 aromatic heterocycles. The van der Waals surface area contributed by atoms with Crippen LogP contribution in [0, 0.1) is 22.9 Å². The predicted molar refractivity (Wildman–Crippen MR) is 63.5 cm³/mol. The summed E-state index contributed by atoms with van der Waals surface area (Å²) in [6.07, 6.45) is 0. The van der Waals surface area contributed by atoms with E-state index in [1.165, 1.54) is 17.7 Å². The van der Waals surface area contributed by atoms with E-state index < -0.39 is 10.7 Å². The second kappa shape index (κ2) is 4.44. The molecule has 0 bridgehead atoms. The van der Waals surface area contributed by atoms with E-state index in [2.05, 4.69) is 5.10 Å². The average Bonchev–Trinajstić information content (AvgIpc) is 2.57. The van der Waals surface area contributed by atoms with Gasteiger partial charge in [-0.05, 0) is 13.0 Å². The van der Waals surface area contributed by atoms with Gasteiger partial charge in [-0.25, -0.2) is 9.07 Å². The van der Waals surface area contributed by atoms with Crippen LogP contribution >= 0.6 is 0 Å². The standard InChI is InChI=1S/C11H11FN4O2/c1-7-10(16(17)18)11(13)15(14-7)6-8-4-2-3-5-9(8)12/h2-5H,6,13H2,1H3. The number of aryl methyl sites for hydroxylation is 1. The molecule has 0 amide bonds. The van der Waals surface area contributed by atoms with Crippen LogP contribution in [0.15, 0.2) is 24.3 Å². The van der Waals surface area contributed by atoms with Crippen molar-refractivity contribution in [2.45, 2.75) is 13.5 Å². The highest BCUT2D eigenvalue weighted by molar-refractivity contribution is 5.56. The monoisotopic (exact) mass is 250 g/mol. The normalized spacial score (nSPS) is 10.6. The number of nitrogen functional groups attached to an aromatic ring is 1. The molecule has 1 aromatic carbocycles. The SMILES string of the molecule is Cc1nn(Cc2ccccc2F)c(N)c1[N+](=O)[O-]. The van der Waals surface area contributed by atoms with Gasteiger partial charge in [-0.2, -0.15) is 5.10 Å². The number of nitro groups is 1. The molecule has 0 atom stereocenters. The Morgan fingerprint density at radius 1 is 1.50 bits per heavy atom. The third-order valence-electron chi connectivity index (χ3n) is 2.59. The van der Waals surface area contributed by atoms with Crippen molar-refractivity contribution in [3.63, 3.8) is 0 Å². The number of halogens is 1. The van der Waals surface area contributed by atoms with Crippen LogP contribution in [0.25, 0.3) is 0 Å². The second-order valence-corrected chi connectivity index (χ2v) is 3.83. The van der Waals surface area contributed by atoms with E-state index in [0.29, 0.717) is 5.56 Å². The molecule has 7 heteroatoms. The highest BCUT2D eigenvalue weighted by Crippen LogP contribution is 2.25. The van der Waals surface area contributed by atoms with Gasteiger partial charge in [-0.3, -0.25) is 10.1 Å². The Labute approximate surface area is 102 Å². The number of aromatic nitrogens is 2. The number of hydrogen-bond acceptors (Lipinski definition) is 4. The van der Waals surface area contributed by atoms with E-state index in [9.17, 15) is 14.5 Å². The number of rotatable bonds is 3. The summed E-state index contributed by atoms with van der Waals surface area (Å²) >= 11 is 0. The van der Waals surface area contributed by atoms with Crippen LogP contribution in [0.1, 0.15) is 11.3 Å². The maximum atomic E-state index is 13.5. The maximum absolute atomic E-state index is 13.5. The summed E-state index contributed by atoms with van der Waals surface area (Å²) < 4.78 is 14.7. The third kappa shape index (κ3) is 2.02. The van der Waals surface area contributed by atoms with Crippen LogP contribution in [0.2, 0.25) is 0 Å². The van der Waals surface area contributed by atoms with Crippen molar-refractivity contribution in [1.29, 1.82) is 0 Å². The van der Waals surface area contributed by atoms with E-state index in [-0.39, 0.29) is 23.7 Å². The molecule has 2 rings (SSSR count). The fourth-order valence-electron chi connectivity index (χ4n) is 1.72. The molecule has 0 saturated carbocycles. The van der Waals surface area contributed by atoms with Crippen molar-refractivity contribution in [3.05, 3.63) is 51.5 Å². The molecule has 6 nitrogen and oxygen atoms in total. The third-order valence-corrected chi connectivity index (χ3v) is 2.59. The van der Waals surface area contributed by atoms with Gasteiger partial charge in [-0.15, -0.1) is 0 Å². The molecule has 0 spiro atoms. The number of hydrogen-bond donors (Lipinski definition) is 1. The lowest BCUT2D eigenvalue weighted by Crippen LogP contribution is -2.07. The first-order valence-corrected chi connectivity index (χ1v) is 5.21. The molecular weight excluding hydrogens is 239 g/mol. The van der Waals surface area contributed by atoms with Crippen LogP contribution in [0.4, 0.5) is 15.9 Å².